The predicted octanol–water partition coefficient (Wildman–Crippen LogP) is -0.0740. The van der Waals surface area contributed by atoms with E-state index in [1.807, 2.05) is 20.8 Å². The molecule has 2 aromatic heterocycles. The van der Waals surface area contributed by atoms with E-state index < -0.39 is 0 Å². The minimum atomic E-state index is -0.353. The third kappa shape index (κ3) is 23.5. The van der Waals surface area contributed by atoms with E-state index in [0.717, 1.165) is 32.5 Å². The SMILES string of the molecule is CCC(C)O.CCC(C)OC(=O)NCCNCCN.NCCNCCN.O=C(n1ccnc1)n1ccnc1. The Morgan fingerprint density at radius 1 is 0.842 bits per heavy atom. The number of hydrogen-bond donors (Lipinski definition) is 7. The molecule has 0 spiro atoms. The standard InChI is InChI=1S/C9H21N3O2.C7H6N4O.C4H13N3.C4H10O/c1-3-8(2)14-9(13)12-7-6-11-5-4-10;12-7(10-3-1-8-5-10)11-4-2-9-6-11;5-1-3-7-4-2-6;1-3-4(2)5/h8,11H,3-7,10H2,1-2H3,(H,12,13);1-6H;7H,1-6H2;4-5H,3H2,1-2H3. The second kappa shape index (κ2) is 27.2. The van der Waals surface area contributed by atoms with Crippen LogP contribution in [0, 0.1) is 0 Å². The number of aromatic nitrogens is 4. The number of alkyl carbamates (subject to hydrolysis) is 1. The first kappa shape index (κ1) is 37.3. The number of hydrogen-bond acceptors (Lipinski definition) is 11. The van der Waals surface area contributed by atoms with E-state index in [1.54, 1.807) is 31.7 Å². The summed E-state index contributed by atoms with van der Waals surface area (Å²) in [5.41, 5.74) is 15.6. The number of nitrogens with zero attached hydrogens (tertiary/aromatic N) is 4. The number of carbonyl (C=O) groups is 2. The first-order chi connectivity index (χ1) is 18.3. The van der Waals surface area contributed by atoms with Gasteiger partial charge in [-0.3, -0.25) is 9.13 Å². The van der Waals surface area contributed by atoms with E-state index in [2.05, 4.69) is 25.9 Å². The fourth-order valence-corrected chi connectivity index (χ4v) is 1.99. The number of rotatable bonds is 12. The monoisotopic (exact) mass is 542 g/mol. The summed E-state index contributed by atoms with van der Waals surface area (Å²) >= 11 is 0. The first-order valence-corrected chi connectivity index (χ1v) is 12.9. The molecule has 0 fully saturated rings. The highest BCUT2D eigenvalue weighted by molar-refractivity contribution is 5.78. The molecule has 0 aliphatic rings. The van der Waals surface area contributed by atoms with Crippen molar-refractivity contribution in [3.63, 3.8) is 0 Å². The number of amides is 1. The Labute approximate surface area is 226 Å². The molecule has 0 aliphatic heterocycles. The van der Waals surface area contributed by atoms with Crippen molar-refractivity contribution in [1.82, 2.24) is 35.1 Å². The van der Waals surface area contributed by atoms with Gasteiger partial charge in [-0.1, -0.05) is 13.8 Å². The minimum Gasteiger partial charge on any atom is -0.447 e. The van der Waals surface area contributed by atoms with Crippen LogP contribution in [-0.2, 0) is 4.74 Å². The molecule has 2 heterocycles. The van der Waals surface area contributed by atoms with Crippen molar-refractivity contribution in [3.8, 4) is 0 Å². The van der Waals surface area contributed by atoms with Crippen LogP contribution in [-0.4, -0.2) is 101 Å². The van der Waals surface area contributed by atoms with Crippen molar-refractivity contribution >= 4 is 12.1 Å². The lowest BCUT2D eigenvalue weighted by Gasteiger charge is -2.11. The molecule has 220 valence electrons. The van der Waals surface area contributed by atoms with Crippen LogP contribution in [0.5, 0.6) is 0 Å². The number of imidazole rings is 2. The fraction of sp³-hybridized carbons (Fsp3) is 0.667. The van der Waals surface area contributed by atoms with Crippen molar-refractivity contribution in [2.45, 2.75) is 52.7 Å². The topological polar surface area (TPSA) is 213 Å². The Hall–Kier alpha value is -2.88. The number of nitrogens with two attached hydrogens (primary N) is 3. The van der Waals surface area contributed by atoms with Gasteiger partial charge in [0.25, 0.3) is 0 Å². The second-order valence-electron chi connectivity index (χ2n) is 7.90. The smallest absolute Gasteiger partial charge is 0.407 e. The van der Waals surface area contributed by atoms with Gasteiger partial charge in [-0.2, -0.15) is 0 Å². The van der Waals surface area contributed by atoms with Crippen molar-refractivity contribution in [2.24, 2.45) is 17.2 Å². The maximum absolute atomic E-state index is 11.4. The first-order valence-electron chi connectivity index (χ1n) is 12.9. The summed E-state index contributed by atoms with van der Waals surface area (Å²) in [4.78, 5) is 30.0. The quantitative estimate of drug-likeness (QED) is 0.176. The third-order valence-electron chi connectivity index (χ3n) is 4.46. The molecule has 38 heavy (non-hydrogen) atoms. The van der Waals surface area contributed by atoms with Crippen LogP contribution < -0.4 is 33.2 Å². The molecule has 2 atom stereocenters. The lowest BCUT2D eigenvalue weighted by Crippen LogP contribution is -2.35. The normalized spacial score (nSPS) is 11.4. The number of aliphatic hydroxyl groups excluding tert-OH is 1. The van der Waals surface area contributed by atoms with Crippen LogP contribution in [0.1, 0.15) is 40.5 Å². The van der Waals surface area contributed by atoms with Crippen LogP contribution in [0.25, 0.3) is 0 Å². The molecular formula is C24H50N10O4. The van der Waals surface area contributed by atoms with Crippen LogP contribution in [0.3, 0.4) is 0 Å². The molecule has 2 aromatic rings. The average molecular weight is 543 g/mol. The summed E-state index contributed by atoms with van der Waals surface area (Å²) in [7, 11) is 0. The maximum Gasteiger partial charge on any atom is 0.407 e. The molecule has 0 radical (unpaired) electrons. The van der Waals surface area contributed by atoms with E-state index in [1.165, 1.54) is 21.8 Å². The van der Waals surface area contributed by atoms with Crippen LogP contribution in [0.2, 0.25) is 0 Å². The highest BCUT2D eigenvalue weighted by atomic mass is 16.6. The summed E-state index contributed by atoms with van der Waals surface area (Å²) in [6.45, 7) is 13.4. The molecule has 14 heteroatoms. The second-order valence-corrected chi connectivity index (χ2v) is 7.90. The van der Waals surface area contributed by atoms with Gasteiger partial charge in [-0.05, 0) is 26.7 Å². The molecule has 14 nitrogen and oxygen atoms in total. The molecular weight excluding hydrogens is 492 g/mol. The van der Waals surface area contributed by atoms with Gasteiger partial charge in [0.05, 0.1) is 6.10 Å². The molecule has 0 saturated carbocycles. The Balaban J connectivity index is 0. The van der Waals surface area contributed by atoms with Crippen molar-refractivity contribution < 1.29 is 19.4 Å². The third-order valence-corrected chi connectivity index (χ3v) is 4.46. The molecule has 10 N–H and O–H groups in total. The van der Waals surface area contributed by atoms with Crippen LogP contribution >= 0.6 is 0 Å². The van der Waals surface area contributed by atoms with E-state index in [4.69, 9.17) is 27.0 Å². The summed E-state index contributed by atoms with van der Waals surface area (Å²) in [5, 5.41) is 17.1. The number of nitrogens with one attached hydrogen (secondary N) is 3. The van der Waals surface area contributed by atoms with Gasteiger partial charge in [0.1, 0.15) is 18.8 Å². The van der Waals surface area contributed by atoms with Crippen molar-refractivity contribution in [3.05, 3.63) is 37.4 Å². The van der Waals surface area contributed by atoms with Crippen molar-refractivity contribution in [1.29, 1.82) is 0 Å². The molecule has 0 aliphatic carbocycles. The van der Waals surface area contributed by atoms with Crippen LogP contribution in [0.15, 0.2) is 37.4 Å². The van der Waals surface area contributed by atoms with Gasteiger partial charge in [-0.25, -0.2) is 19.6 Å². The number of aliphatic hydroxyl groups is 1. The number of ether oxygens (including phenoxy) is 1. The highest BCUT2D eigenvalue weighted by Crippen LogP contribution is 1.95. The molecule has 1 amide bonds. The zero-order chi connectivity index (χ0) is 29.0. The molecule has 0 bridgehead atoms. The fourth-order valence-electron chi connectivity index (χ4n) is 1.99. The lowest BCUT2D eigenvalue weighted by atomic mass is 10.3. The molecule has 2 rings (SSSR count). The van der Waals surface area contributed by atoms with Gasteiger partial charge >= 0.3 is 12.1 Å². The van der Waals surface area contributed by atoms with Gasteiger partial charge in [0.2, 0.25) is 0 Å². The summed E-state index contributed by atoms with van der Waals surface area (Å²) in [6, 6.07) is -0.190. The summed E-state index contributed by atoms with van der Waals surface area (Å²) in [6.07, 6.45) is 10.4. The zero-order valence-corrected chi connectivity index (χ0v) is 23.4. The predicted molar refractivity (Wildman–Crippen MR) is 150 cm³/mol. The lowest BCUT2D eigenvalue weighted by molar-refractivity contribution is 0.105. The average Bonchev–Trinajstić information content (AvgIpc) is 3.65. The minimum absolute atomic E-state index is 0.0213. The van der Waals surface area contributed by atoms with E-state index >= 15 is 0 Å². The highest BCUT2D eigenvalue weighted by Gasteiger charge is 2.05. The largest absolute Gasteiger partial charge is 0.447 e. The van der Waals surface area contributed by atoms with Crippen LogP contribution in [0.4, 0.5) is 9.59 Å². The van der Waals surface area contributed by atoms with E-state index in [-0.39, 0.29) is 24.3 Å². The van der Waals surface area contributed by atoms with E-state index in [0.29, 0.717) is 32.7 Å². The Morgan fingerprint density at radius 2 is 1.29 bits per heavy atom. The van der Waals surface area contributed by atoms with Gasteiger partial charge < -0.3 is 43.0 Å². The van der Waals surface area contributed by atoms with Crippen molar-refractivity contribution in [2.75, 3.05) is 52.4 Å². The van der Waals surface area contributed by atoms with Gasteiger partial charge in [0.15, 0.2) is 0 Å². The summed E-state index contributed by atoms with van der Waals surface area (Å²) in [5.74, 6) is 0. The molecule has 0 saturated heterocycles. The summed E-state index contributed by atoms with van der Waals surface area (Å²) < 4.78 is 7.76. The number of carbonyl (C=O) groups excluding carboxylic acids is 2. The Kier molecular flexibility index (Phi) is 26.6. The molecule has 0 aromatic carbocycles. The van der Waals surface area contributed by atoms with E-state index in [9.17, 15) is 9.59 Å². The van der Waals surface area contributed by atoms with Gasteiger partial charge in [-0.15, -0.1) is 0 Å². The molecule has 2 unspecified atom stereocenters. The Bertz CT molecular complexity index is 718. The van der Waals surface area contributed by atoms with Gasteiger partial charge in [0, 0.05) is 77.1 Å². The maximum atomic E-state index is 11.4. The zero-order valence-electron chi connectivity index (χ0n) is 23.4. The Morgan fingerprint density at radius 3 is 1.63 bits per heavy atom.